The molecule has 0 radical (unpaired) electrons. The lowest BCUT2D eigenvalue weighted by Gasteiger charge is -2.20. The number of ether oxygens (including phenoxy) is 1. The van der Waals surface area contributed by atoms with Crippen LogP contribution in [0.2, 0.25) is 0 Å². The van der Waals surface area contributed by atoms with Gasteiger partial charge in [0.2, 0.25) is 0 Å². The Kier molecular flexibility index (Phi) is 5.25. The lowest BCUT2D eigenvalue weighted by Crippen LogP contribution is -2.36. The van der Waals surface area contributed by atoms with Crippen LogP contribution in [0.3, 0.4) is 0 Å². The van der Waals surface area contributed by atoms with E-state index in [1.807, 2.05) is 0 Å². The van der Waals surface area contributed by atoms with E-state index in [2.05, 4.69) is 5.32 Å². The summed E-state index contributed by atoms with van der Waals surface area (Å²) in [6.45, 7) is 5.86. The molecular weight excluding hydrogens is 201 g/mol. The fourth-order valence-corrected chi connectivity index (χ4v) is 0.796. The summed E-state index contributed by atoms with van der Waals surface area (Å²) >= 11 is 0. The minimum atomic E-state index is -1.00. The number of hydrogen-bond donors (Lipinski definition) is 1. The molecule has 4 nitrogen and oxygen atoms in total. The molecule has 0 fully saturated rings. The van der Waals surface area contributed by atoms with Gasteiger partial charge in [0.15, 0.2) is 5.78 Å². The van der Waals surface area contributed by atoms with Crippen molar-refractivity contribution >= 4 is 11.9 Å². The lowest BCUT2D eigenvalue weighted by atomic mass is 10.1. The summed E-state index contributed by atoms with van der Waals surface area (Å²) in [5.41, 5.74) is -0.572. The first kappa shape index (κ1) is 13.9. The molecule has 0 heterocycles. The number of amides is 1. The molecule has 0 bridgehead atoms. The number of rotatable bonds is 4. The second kappa shape index (κ2) is 5.68. The van der Waals surface area contributed by atoms with Crippen LogP contribution in [0.15, 0.2) is 0 Å². The Morgan fingerprint density at radius 1 is 1.40 bits per heavy atom. The number of carbonyl (C=O) groups excluding carboxylic acids is 2. The molecule has 1 amide bonds. The standard InChI is InChI=1S/C10H18FNO3/c1-7(8(13)5-11)6-12-9(14)15-10(2,3)4/h7H,5-6H2,1-4H3,(H,12,14)/t7-/m0/s1. The van der Waals surface area contributed by atoms with E-state index in [0.717, 1.165) is 0 Å². The van der Waals surface area contributed by atoms with Gasteiger partial charge in [0.25, 0.3) is 0 Å². The van der Waals surface area contributed by atoms with Gasteiger partial charge in [-0.05, 0) is 20.8 Å². The summed E-state index contributed by atoms with van der Waals surface area (Å²) in [6, 6.07) is 0. The van der Waals surface area contributed by atoms with Crippen molar-refractivity contribution in [2.24, 2.45) is 5.92 Å². The molecule has 1 atom stereocenters. The summed E-state index contributed by atoms with van der Waals surface area (Å²) in [5.74, 6) is -1.05. The van der Waals surface area contributed by atoms with Gasteiger partial charge in [-0.3, -0.25) is 4.79 Å². The summed E-state index contributed by atoms with van der Waals surface area (Å²) in [4.78, 5) is 22.0. The van der Waals surface area contributed by atoms with E-state index in [1.54, 1.807) is 27.7 Å². The lowest BCUT2D eigenvalue weighted by molar-refractivity contribution is -0.123. The molecular formula is C10H18FNO3. The Balaban J connectivity index is 3.86. The topological polar surface area (TPSA) is 55.4 Å². The summed E-state index contributed by atoms with van der Waals surface area (Å²) < 4.78 is 16.9. The third-order valence-electron chi connectivity index (χ3n) is 1.63. The van der Waals surface area contributed by atoms with Crippen LogP contribution in [-0.4, -0.2) is 30.7 Å². The molecule has 0 aromatic heterocycles. The van der Waals surface area contributed by atoms with Crippen molar-refractivity contribution in [2.45, 2.75) is 33.3 Å². The third kappa shape index (κ3) is 6.88. The van der Waals surface area contributed by atoms with Crippen molar-refractivity contribution in [1.82, 2.24) is 5.32 Å². The van der Waals surface area contributed by atoms with Crippen LogP contribution in [0.25, 0.3) is 0 Å². The largest absolute Gasteiger partial charge is 0.444 e. The number of ketones is 1. The smallest absolute Gasteiger partial charge is 0.407 e. The molecule has 0 saturated heterocycles. The zero-order chi connectivity index (χ0) is 12.1. The zero-order valence-electron chi connectivity index (χ0n) is 9.59. The van der Waals surface area contributed by atoms with Crippen LogP contribution in [0.4, 0.5) is 9.18 Å². The number of nitrogens with one attached hydrogen (secondary N) is 1. The van der Waals surface area contributed by atoms with Crippen LogP contribution in [0, 0.1) is 5.92 Å². The van der Waals surface area contributed by atoms with E-state index in [0.29, 0.717) is 0 Å². The highest BCUT2D eigenvalue weighted by Gasteiger charge is 2.18. The van der Waals surface area contributed by atoms with Gasteiger partial charge in [0.05, 0.1) is 0 Å². The minimum Gasteiger partial charge on any atom is -0.444 e. The maximum absolute atomic E-state index is 11.9. The molecule has 0 aromatic carbocycles. The molecule has 0 unspecified atom stereocenters. The van der Waals surface area contributed by atoms with Gasteiger partial charge in [-0.25, -0.2) is 9.18 Å². The first-order valence-electron chi connectivity index (χ1n) is 4.82. The maximum atomic E-state index is 11.9. The molecule has 0 saturated carbocycles. The quantitative estimate of drug-likeness (QED) is 0.782. The van der Waals surface area contributed by atoms with Crippen molar-refractivity contribution in [2.75, 3.05) is 13.2 Å². The SMILES string of the molecule is C[C@@H](CNC(=O)OC(C)(C)C)C(=O)CF. The van der Waals surface area contributed by atoms with Gasteiger partial charge in [-0.2, -0.15) is 0 Å². The average molecular weight is 219 g/mol. The van der Waals surface area contributed by atoms with Crippen LogP contribution < -0.4 is 5.32 Å². The van der Waals surface area contributed by atoms with E-state index in [-0.39, 0.29) is 6.54 Å². The van der Waals surface area contributed by atoms with Crippen molar-refractivity contribution in [3.63, 3.8) is 0 Å². The number of halogens is 1. The average Bonchev–Trinajstić information content (AvgIpc) is 2.10. The summed E-state index contributed by atoms with van der Waals surface area (Å²) in [6.07, 6.45) is -0.596. The summed E-state index contributed by atoms with van der Waals surface area (Å²) in [7, 11) is 0. The van der Waals surface area contributed by atoms with Gasteiger partial charge in [0, 0.05) is 12.5 Å². The minimum absolute atomic E-state index is 0.0949. The molecule has 88 valence electrons. The van der Waals surface area contributed by atoms with Gasteiger partial charge in [-0.1, -0.05) is 6.92 Å². The van der Waals surface area contributed by atoms with Crippen molar-refractivity contribution in [1.29, 1.82) is 0 Å². The number of hydrogen-bond acceptors (Lipinski definition) is 3. The predicted octanol–water partition coefficient (Wildman–Crippen LogP) is 1.69. The molecule has 0 rings (SSSR count). The van der Waals surface area contributed by atoms with Crippen LogP contribution in [-0.2, 0) is 9.53 Å². The van der Waals surface area contributed by atoms with Gasteiger partial charge in [0.1, 0.15) is 12.3 Å². The third-order valence-corrected chi connectivity index (χ3v) is 1.63. The Labute approximate surface area is 89.2 Å². The molecule has 0 spiro atoms. The second-order valence-corrected chi connectivity index (χ2v) is 4.38. The fraction of sp³-hybridized carbons (Fsp3) is 0.800. The fourth-order valence-electron chi connectivity index (χ4n) is 0.796. The van der Waals surface area contributed by atoms with Gasteiger partial charge < -0.3 is 10.1 Å². The molecule has 0 aliphatic carbocycles. The Hall–Kier alpha value is -1.13. The van der Waals surface area contributed by atoms with Crippen LogP contribution in [0.5, 0.6) is 0 Å². The molecule has 0 aliphatic rings. The predicted molar refractivity (Wildman–Crippen MR) is 54.4 cm³/mol. The van der Waals surface area contributed by atoms with E-state index in [1.165, 1.54) is 0 Å². The highest BCUT2D eigenvalue weighted by molar-refractivity contribution is 5.82. The Bertz CT molecular complexity index is 235. The van der Waals surface area contributed by atoms with Crippen molar-refractivity contribution in [3.8, 4) is 0 Å². The zero-order valence-corrected chi connectivity index (χ0v) is 9.59. The Morgan fingerprint density at radius 2 is 1.93 bits per heavy atom. The van der Waals surface area contributed by atoms with Crippen molar-refractivity contribution in [3.05, 3.63) is 0 Å². The summed E-state index contributed by atoms with van der Waals surface area (Å²) in [5, 5.41) is 2.41. The monoisotopic (exact) mass is 219 g/mol. The number of alkyl halides is 1. The van der Waals surface area contributed by atoms with E-state index in [9.17, 15) is 14.0 Å². The normalized spacial score (nSPS) is 13.1. The highest BCUT2D eigenvalue weighted by atomic mass is 19.1. The molecule has 0 aromatic rings. The highest BCUT2D eigenvalue weighted by Crippen LogP contribution is 2.06. The number of alkyl carbamates (subject to hydrolysis) is 1. The first-order valence-corrected chi connectivity index (χ1v) is 4.82. The molecule has 15 heavy (non-hydrogen) atoms. The van der Waals surface area contributed by atoms with Crippen LogP contribution in [0.1, 0.15) is 27.7 Å². The molecule has 1 N–H and O–H groups in total. The second-order valence-electron chi connectivity index (χ2n) is 4.38. The van der Waals surface area contributed by atoms with Gasteiger partial charge >= 0.3 is 6.09 Å². The molecule has 5 heteroatoms. The van der Waals surface area contributed by atoms with E-state index < -0.39 is 30.1 Å². The van der Waals surface area contributed by atoms with Gasteiger partial charge in [-0.15, -0.1) is 0 Å². The number of Topliss-reactive ketones (excluding diaryl/α,β-unsaturated/α-hetero) is 1. The molecule has 0 aliphatic heterocycles. The number of carbonyl (C=O) groups is 2. The van der Waals surface area contributed by atoms with Crippen molar-refractivity contribution < 1.29 is 18.7 Å². The first-order chi connectivity index (χ1) is 6.76. The Morgan fingerprint density at radius 3 is 2.33 bits per heavy atom. The van der Waals surface area contributed by atoms with E-state index in [4.69, 9.17) is 4.74 Å². The van der Waals surface area contributed by atoms with Crippen LogP contribution >= 0.6 is 0 Å². The maximum Gasteiger partial charge on any atom is 0.407 e. The van der Waals surface area contributed by atoms with E-state index >= 15 is 0 Å².